The molecule has 71 heavy (non-hydrogen) atoms. The molecule has 14 aromatic rings. The standard InChI is InChI=1S/C66H42N2S3/c1-3-13-43(14-4-1)45-23-28-49(29-24-45)67(51-32-35-65-59(41-51)56-18-8-11-21-62(56)70-65)53-37-48(47-27-34-64-58(39-47)55-17-7-10-20-61(55)69-64)38-54(40-53)68(50-30-25-46(26-31-50)44-15-5-2-6-16-44)52-33-36-66-60(42-52)57-19-9-12-22-63(57)71-66/h1-42H. The van der Waals surface area contributed by atoms with Gasteiger partial charge in [0, 0.05) is 94.6 Å². The summed E-state index contributed by atoms with van der Waals surface area (Å²) < 4.78 is 7.74. The fourth-order valence-corrected chi connectivity index (χ4v) is 13.7. The Hall–Kier alpha value is -8.32. The minimum Gasteiger partial charge on any atom is -0.310 e. The van der Waals surface area contributed by atoms with Crippen LogP contribution in [0.3, 0.4) is 0 Å². The maximum atomic E-state index is 2.46. The molecule has 0 aliphatic carbocycles. The van der Waals surface area contributed by atoms with Crippen molar-refractivity contribution in [1.82, 2.24) is 0 Å². The topological polar surface area (TPSA) is 6.48 Å². The van der Waals surface area contributed by atoms with Crippen LogP contribution in [0.4, 0.5) is 34.1 Å². The van der Waals surface area contributed by atoms with Crippen LogP contribution >= 0.6 is 34.0 Å². The summed E-state index contributed by atoms with van der Waals surface area (Å²) in [5.74, 6) is 0. The summed E-state index contributed by atoms with van der Waals surface area (Å²) in [5, 5.41) is 7.65. The van der Waals surface area contributed by atoms with Gasteiger partial charge < -0.3 is 9.80 Å². The van der Waals surface area contributed by atoms with Gasteiger partial charge in [-0.05, 0) is 143 Å². The third-order valence-electron chi connectivity index (χ3n) is 13.8. The van der Waals surface area contributed by atoms with Crippen LogP contribution < -0.4 is 9.80 Å². The number of rotatable bonds is 9. The molecule has 0 atom stereocenters. The van der Waals surface area contributed by atoms with Crippen molar-refractivity contribution in [3.05, 3.63) is 255 Å². The zero-order valence-electron chi connectivity index (χ0n) is 38.4. The summed E-state index contributed by atoms with van der Waals surface area (Å²) in [5.41, 5.74) is 13.5. The first-order valence-electron chi connectivity index (χ1n) is 24.0. The van der Waals surface area contributed by atoms with E-state index in [1.54, 1.807) is 0 Å². The van der Waals surface area contributed by atoms with Crippen LogP contribution in [0.25, 0.3) is 93.9 Å². The van der Waals surface area contributed by atoms with Gasteiger partial charge in [-0.3, -0.25) is 0 Å². The van der Waals surface area contributed by atoms with E-state index in [0.29, 0.717) is 0 Å². The van der Waals surface area contributed by atoms with Gasteiger partial charge in [0.25, 0.3) is 0 Å². The van der Waals surface area contributed by atoms with Gasteiger partial charge in [0.1, 0.15) is 0 Å². The summed E-state index contributed by atoms with van der Waals surface area (Å²) >= 11 is 5.57. The minimum atomic E-state index is 1.06. The number of hydrogen-bond donors (Lipinski definition) is 0. The maximum Gasteiger partial charge on any atom is 0.0488 e. The first-order chi connectivity index (χ1) is 35.1. The first-order valence-corrected chi connectivity index (χ1v) is 26.4. The Morgan fingerprint density at radius 1 is 0.183 bits per heavy atom. The monoisotopic (exact) mass is 958 g/mol. The number of thiophene rings is 3. The van der Waals surface area contributed by atoms with Gasteiger partial charge in [-0.25, -0.2) is 0 Å². The lowest BCUT2D eigenvalue weighted by Crippen LogP contribution is -2.13. The third kappa shape index (κ3) is 7.45. The van der Waals surface area contributed by atoms with E-state index in [2.05, 4.69) is 265 Å². The SMILES string of the molecule is c1ccc(-c2ccc(N(c3cc(-c4ccc5sc6ccccc6c5c4)cc(N(c4ccc(-c5ccccc5)cc4)c4ccc5sc6ccccc6c5c4)c3)c3ccc4sc5ccccc5c4c3)cc2)cc1. The predicted molar refractivity (Wildman–Crippen MR) is 311 cm³/mol. The maximum absolute atomic E-state index is 2.46. The van der Waals surface area contributed by atoms with Gasteiger partial charge in [0.05, 0.1) is 0 Å². The Balaban J connectivity index is 1.03. The zero-order valence-corrected chi connectivity index (χ0v) is 40.8. The normalized spacial score (nSPS) is 11.7. The lowest BCUT2D eigenvalue weighted by molar-refractivity contribution is 1.25. The van der Waals surface area contributed by atoms with Gasteiger partial charge in [-0.15, -0.1) is 34.0 Å². The molecule has 14 rings (SSSR count). The number of benzene rings is 11. The van der Waals surface area contributed by atoms with Crippen LogP contribution in [-0.2, 0) is 0 Å². The van der Waals surface area contributed by atoms with Gasteiger partial charge in [-0.1, -0.05) is 146 Å². The van der Waals surface area contributed by atoms with E-state index in [9.17, 15) is 0 Å². The van der Waals surface area contributed by atoms with Crippen molar-refractivity contribution in [2.45, 2.75) is 0 Å². The Labute approximate surface area is 423 Å². The van der Waals surface area contributed by atoms with E-state index in [1.165, 1.54) is 88.3 Å². The summed E-state index contributed by atoms with van der Waals surface area (Å²) in [6.07, 6.45) is 0. The minimum absolute atomic E-state index is 1.06. The number of anilines is 6. The smallest absolute Gasteiger partial charge is 0.0488 e. The van der Waals surface area contributed by atoms with Gasteiger partial charge in [0.2, 0.25) is 0 Å². The number of fused-ring (bicyclic) bond motifs is 9. The Morgan fingerprint density at radius 3 is 0.944 bits per heavy atom. The molecule has 5 heteroatoms. The molecule has 3 aromatic heterocycles. The highest BCUT2D eigenvalue weighted by molar-refractivity contribution is 7.26. The quantitative estimate of drug-likeness (QED) is 0.142. The van der Waals surface area contributed by atoms with Crippen molar-refractivity contribution in [2.24, 2.45) is 0 Å². The molecule has 0 aliphatic rings. The van der Waals surface area contributed by atoms with Gasteiger partial charge >= 0.3 is 0 Å². The second kappa shape index (κ2) is 17.3. The van der Waals surface area contributed by atoms with Crippen LogP contribution in [0.5, 0.6) is 0 Å². The van der Waals surface area contributed by atoms with Crippen LogP contribution in [0.2, 0.25) is 0 Å². The van der Waals surface area contributed by atoms with Crippen molar-refractivity contribution in [3.63, 3.8) is 0 Å². The number of hydrogen-bond acceptors (Lipinski definition) is 5. The first kappa shape index (κ1) is 41.6. The second-order valence-corrected chi connectivity index (χ2v) is 21.4. The Kier molecular flexibility index (Phi) is 10.1. The summed E-state index contributed by atoms with van der Waals surface area (Å²) in [4.78, 5) is 4.91. The molecule has 0 spiro atoms. The highest BCUT2D eigenvalue weighted by atomic mass is 32.1. The van der Waals surface area contributed by atoms with Crippen LogP contribution in [0.1, 0.15) is 0 Å². The van der Waals surface area contributed by atoms with E-state index in [4.69, 9.17) is 0 Å². The summed E-state index contributed by atoms with van der Waals surface area (Å²) in [6, 6.07) is 94.1. The molecule has 0 bridgehead atoms. The molecule has 0 saturated carbocycles. The average Bonchev–Trinajstić information content (AvgIpc) is 4.13. The molecule has 0 aliphatic heterocycles. The van der Waals surface area contributed by atoms with Gasteiger partial charge in [-0.2, -0.15) is 0 Å². The van der Waals surface area contributed by atoms with Crippen molar-refractivity contribution in [3.8, 4) is 33.4 Å². The van der Waals surface area contributed by atoms with Crippen molar-refractivity contribution in [1.29, 1.82) is 0 Å². The molecule has 0 unspecified atom stereocenters. The molecule has 2 nitrogen and oxygen atoms in total. The molecule has 0 radical (unpaired) electrons. The predicted octanol–water partition coefficient (Wildman–Crippen LogP) is 20.7. The third-order valence-corrected chi connectivity index (χ3v) is 17.3. The zero-order chi connectivity index (χ0) is 46.8. The largest absolute Gasteiger partial charge is 0.310 e. The molecule has 11 aromatic carbocycles. The second-order valence-electron chi connectivity index (χ2n) is 18.1. The van der Waals surface area contributed by atoms with E-state index in [1.807, 2.05) is 34.0 Å². The average molecular weight is 959 g/mol. The lowest BCUT2D eigenvalue weighted by atomic mass is 9.99. The Morgan fingerprint density at radius 2 is 0.507 bits per heavy atom. The van der Waals surface area contributed by atoms with E-state index in [0.717, 1.165) is 39.7 Å². The highest BCUT2D eigenvalue weighted by Gasteiger charge is 2.22. The van der Waals surface area contributed by atoms with Crippen molar-refractivity contribution in [2.75, 3.05) is 9.80 Å². The van der Waals surface area contributed by atoms with E-state index < -0.39 is 0 Å². The van der Waals surface area contributed by atoms with Crippen LogP contribution in [-0.4, -0.2) is 0 Å². The molecular weight excluding hydrogens is 917 g/mol. The highest BCUT2D eigenvalue weighted by Crippen LogP contribution is 2.48. The Bertz CT molecular complexity index is 4060. The molecular formula is C66H42N2S3. The fraction of sp³-hybridized carbons (Fsp3) is 0. The molecule has 334 valence electrons. The van der Waals surface area contributed by atoms with E-state index in [-0.39, 0.29) is 0 Å². The summed E-state index contributed by atoms with van der Waals surface area (Å²) in [6.45, 7) is 0. The summed E-state index contributed by atoms with van der Waals surface area (Å²) in [7, 11) is 0. The van der Waals surface area contributed by atoms with Gasteiger partial charge in [0.15, 0.2) is 0 Å². The molecule has 0 N–H and O–H groups in total. The van der Waals surface area contributed by atoms with E-state index >= 15 is 0 Å². The molecule has 0 fully saturated rings. The lowest BCUT2D eigenvalue weighted by Gasteiger charge is -2.30. The fourth-order valence-electron chi connectivity index (χ4n) is 10.4. The van der Waals surface area contributed by atoms with Crippen molar-refractivity contribution >= 4 is 129 Å². The molecule has 3 heterocycles. The number of nitrogens with zero attached hydrogens (tertiary/aromatic N) is 2. The molecule has 0 amide bonds. The molecule has 0 saturated heterocycles. The van der Waals surface area contributed by atoms with Crippen molar-refractivity contribution < 1.29 is 0 Å². The van der Waals surface area contributed by atoms with Crippen LogP contribution in [0.15, 0.2) is 255 Å². The van der Waals surface area contributed by atoms with Crippen LogP contribution in [0, 0.1) is 0 Å².